The van der Waals surface area contributed by atoms with Crippen molar-refractivity contribution in [2.75, 3.05) is 0 Å². The Morgan fingerprint density at radius 3 is 2.30 bits per heavy atom. The molecule has 2 aromatic rings. The average molecular weight is 466 g/mol. The van der Waals surface area contributed by atoms with Crippen molar-refractivity contribution in [2.24, 2.45) is 0 Å². The summed E-state index contributed by atoms with van der Waals surface area (Å²) in [7, 11) is 0. The molecule has 0 aliphatic carbocycles. The molecule has 12 nitrogen and oxygen atoms in total. The molecule has 12 heteroatoms. The molecule has 4 rings (SSSR count). The predicted octanol–water partition coefficient (Wildman–Crippen LogP) is -0.537. The van der Waals surface area contributed by atoms with Gasteiger partial charge in [-0.2, -0.15) is 0 Å². The van der Waals surface area contributed by atoms with Gasteiger partial charge in [-0.25, -0.2) is 4.79 Å². The number of carbonyl (C=O) groups is 1. The highest BCUT2D eigenvalue weighted by Gasteiger charge is 2.49. The number of rotatable bonds is 4. The summed E-state index contributed by atoms with van der Waals surface area (Å²) < 4.78 is 16.8. The molecule has 8 N–H and O–H groups in total. The second-order valence-electron chi connectivity index (χ2n) is 7.84. The number of carboxylic acids is 1. The molecule has 178 valence electrons. The highest BCUT2D eigenvalue weighted by atomic mass is 16.7. The third-order valence-corrected chi connectivity index (χ3v) is 5.62. The normalized spacial score (nSPS) is 31.4. The molecule has 0 amide bonds. The Morgan fingerprint density at radius 1 is 0.909 bits per heavy atom. The predicted molar refractivity (Wildman–Crippen MR) is 106 cm³/mol. The van der Waals surface area contributed by atoms with Gasteiger partial charge in [-0.05, 0) is 17.7 Å². The highest BCUT2D eigenvalue weighted by Crippen LogP contribution is 2.44. The van der Waals surface area contributed by atoms with E-state index < -0.39 is 60.4 Å². The fourth-order valence-electron chi connectivity index (χ4n) is 3.90. The topological polar surface area (TPSA) is 207 Å². The van der Waals surface area contributed by atoms with Gasteiger partial charge < -0.3 is 55.1 Å². The van der Waals surface area contributed by atoms with Gasteiger partial charge in [0.15, 0.2) is 30.0 Å². The number of hydrogen-bond acceptors (Lipinski definition) is 11. The van der Waals surface area contributed by atoms with E-state index in [9.17, 15) is 45.6 Å². The SMILES string of the molecule is O=C(O)[C@H]1O[C@@H](O[C@@H]2Cc3c(O)cc(O)cc3O[C@@H]2c2ccc(O)c(O)c2)[C@H](O)[C@@H](O)[C@@H]1O. The highest BCUT2D eigenvalue weighted by molar-refractivity contribution is 5.73. The molecule has 2 aromatic carbocycles. The van der Waals surface area contributed by atoms with E-state index in [-0.39, 0.29) is 29.2 Å². The van der Waals surface area contributed by atoms with Crippen LogP contribution in [0.4, 0.5) is 0 Å². The van der Waals surface area contributed by atoms with Gasteiger partial charge in [0, 0.05) is 24.1 Å². The molecule has 2 aliphatic heterocycles. The minimum Gasteiger partial charge on any atom is -0.508 e. The lowest BCUT2D eigenvalue weighted by molar-refractivity contribution is -0.310. The number of carboxylic acid groups (broad SMARTS) is 1. The Bertz CT molecular complexity index is 1060. The molecule has 33 heavy (non-hydrogen) atoms. The Kier molecular flexibility index (Phi) is 5.95. The number of ether oxygens (including phenoxy) is 3. The summed E-state index contributed by atoms with van der Waals surface area (Å²) in [5.74, 6) is -2.91. The van der Waals surface area contributed by atoms with Gasteiger partial charge in [0.2, 0.25) is 0 Å². The van der Waals surface area contributed by atoms with Gasteiger partial charge >= 0.3 is 5.97 Å². The first-order valence-corrected chi connectivity index (χ1v) is 9.88. The number of phenols is 4. The van der Waals surface area contributed by atoms with Crippen LogP contribution in [0.5, 0.6) is 28.7 Å². The molecule has 0 saturated carbocycles. The Hall–Kier alpha value is -3.29. The van der Waals surface area contributed by atoms with Gasteiger partial charge in [-0.1, -0.05) is 6.07 Å². The zero-order valence-electron chi connectivity index (χ0n) is 16.8. The Morgan fingerprint density at radius 2 is 1.64 bits per heavy atom. The first-order valence-electron chi connectivity index (χ1n) is 9.88. The zero-order chi connectivity index (χ0) is 24.0. The van der Waals surface area contributed by atoms with E-state index in [4.69, 9.17) is 14.2 Å². The van der Waals surface area contributed by atoms with Gasteiger partial charge in [0.1, 0.15) is 41.7 Å². The lowest BCUT2D eigenvalue weighted by Gasteiger charge is -2.42. The van der Waals surface area contributed by atoms with E-state index in [1.165, 1.54) is 24.3 Å². The number of fused-ring (bicyclic) bond motifs is 1. The molecule has 2 aliphatic rings. The largest absolute Gasteiger partial charge is 0.508 e. The van der Waals surface area contributed by atoms with Crippen molar-refractivity contribution in [3.8, 4) is 28.7 Å². The molecule has 0 radical (unpaired) electrons. The molecular formula is C21H22O12. The monoisotopic (exact) mass is 466 g/mol. The van der Waals surface area contributed by atoms with Crippen LogP contribution in [0.25, 0.3) is 0 Å². The molecule has 0 spiro atoms. The van der Waals surface area contributed by atoms with Crippen molar-refractivity contribution in [1.29, 1.82) is 0 Å². The first-order chi connectivity index (χ1) is 15.6. The summed E-state index contributed by atoms with van der Waals surface area (Å²) in [6, 6.07) is 6.15. The second kappa shape index (κ2) is 8.57. The van der Waals surface area contributed by atoms with Crippen LogP contribution in [0.1, 0.15) is 17.2 Å². The quantitative estimate of drug-likeness (QED) is 0.267. The number of aromatic hydroxyl groups is 4. The van der Waals surface area contributed by atoms with E-state index >= 15 is 0 Å². The van der Waals surface area contributed by atoms with Gasteiger partial charge in [-0.15, -0.1) is 0 Å². The van der Waals surface area contributed by atoms with Crippen molar-refractivity contribution in [1.82, 2.24) is 0 Å². The van der Waals surface area contributed by atoms with Crippen LogP contribution >= 0.6 is 0 Å². The smallest absolute Gasteiger partial charge is 0.335 e. The molecule has 1 fully saturated rings. The summed E-state index contributed by atoms with van der Waals surface area (Å²) >= 11 is 0. The Balaban J connectivity index is 1.69. The summed E-state index contributed by atoms with van der Waals surface area (Å²) in [5, 5.41) is 79.1. The third-order valence-electron chi connectivity index (χ3n) is 5.62. The first kappa shape index (κ1) is 22.9. The van der Waals surface area contributed by atoms with E-state index in [1.54, 1.807) is 0 Å². The minimum atomic E-state index is -1.91. The van der Waals surface area contributed by atoms with E-state index in [1.807, 2.05) is 0 Å². The molecule has 0 unspecified atom stereocenters. The van der Waals surface area contributed by atoms with Crippen molar-refractivity contribution in [3.05, 3.63) is 41.5 Å². The van der Waals surface area contributed by atoms with Crippen LogP contribution < -0.4 is 4.74 Å². The maximum absolute atomic E-state index is 11.4. The molecule has 7 atom stereocenters. The van der Waals surface area contributed by atoms with Crippen molar-refractivity contribution >= 4 is 5.97 Å². The van der Waals surface area contributed by atoms with E-state index in [2.05, 4.69) is 0 Å². The maximum atomic E-state index is 11.4. The van der Waals surface area contributed by atoms with Gasteiger partial charge in [0.05, 0.1) is 0 Å². The van der Waals surface area contributed by atoms with Crippen LogP contribution in [-0.4, -0.2) is 83.6 Å². The number of aliphatic carboxylic acids is 1. The molecular weight excluding hydrogens is 444 g/mol. The zero-order valence-corrected chi connectivity index (χ0v) is 16.8. The van der Waals surface area contributed by atoms with E-state index in [0.29, 0.717) is 5.56 Å². The lowest BCUT2D eigenvalue weighted by Crippen LogP contribution is -2.61. The van der Waals surface area contributed by atoms with Crippen molar-refractivity contribution in [2.45, 2.75) is 49.3 Å². The number of aliphatic hydroxyl groups is 3. The summed E-state index contributed by atoms with van der Waals surface area (Å²) in [4.78, 5) is 11.4. The Labute approximate surface area is 186 Å². The summed E-state index contributed by atoms with van der Waals surface area (Å²) in [5.41, 5.74) is 0.530. The molecule has 0 aromatic heterocycles. The molecule has 2 heterocycles. The van der Waals surface area contributed by atoms with Crippen LogP contribution in [0.2, 0.25) is 0 Å². The van der Waals surface area contributed by atoms with Gasteiger partial charge in [-0.3, -0.25) is 0 Å². The summed E-state index contributed by atoms with van der Waals surface area (Å²) in [6.45, 7) is 0. The number of aliphatic hydroxyl groups excluding tert-OH is 3. The fraction of sp³-hybridized carbons (Fsp3) is 0.381. The van der Waals surface area contributed by atoms with Crippen LogP contribution in [0.15, 0.2) is 30.3 Å². The average Bonchev–Trinajstić information content (AvgIpc) is 2.75. The fourth-order valence-corrected chi connectivity index (χ4v) is 3.90. The van der Waals surface area contributed by atoms with Crippen LogP contribution in [0.3, 0.4) is 0 Å². The lowest BCUT2D eigenvalue weighted by atomic mass is 9.93. The number of benzene rings is 2. The third kappa shape index (κ3) is 4.21. The maximum Gasteiger partial charge on any atom is 0.335 e. The van der Waals surface area contributed by atoms with Crippen LogP contribution in [0, 0.1) is 0 Å². The number of phenolic OH excluding ortho intramolecular Hbond substituents is 4. The number of hydrogen-bond donors (Lipinski definition) is 8. The van der Waals surface area contributed by atoms with Crippen LogP contribution in [-0.2, 0) is 20.7 Å². The minimum absolute atomic E-state index is 0.0727. The van der Waals surface area contributed by atoms with E-state index in [0.717, 1.165) is 6.07 Å². The van der Waals surface area contributed by atoms with Gasteiger partial charge in [0.25, 0.3) is 0 Å². The molecule has 0 bridgehead atoms. The van der Waals surface area contributed by atoms with Crippen molar-refractivity contribution < 1.29 is 59.9 Å². The van der Waals surface area contributed by atoms with Crippen molar-refractivity contribution in [3.63, 3.8) is 0 Å². The second-order valence-corrected chi connectivity index (χ2v) is 7.84. The standard InChI is InChI=1S/C21H22O12/c22-8-4-11(24)9-6-14(32-21-17(28)15(26)16(27)19(33-21)20(29)30)18(31-13(9)5-8)7-1-2-10(23)12(25)3-7/h1-5,14-19,21-28H,6H2,(H,29,30)/t14-,15+,16+,17-,18-,19+,21-/m1/s1. The molecule has 1 saturated heterocycles. The summed E-state index contributed by atoms with van der Waals surface area (Å²) in [6.07, 6.45) is -11.4.